The molecule has 0 aliphatic rings. The summed E-state index contributed by atoms with van der Waals surface area (Å²) in [5, 5.41) is 0.766. The van der Waals surface area contributed by atoms with Gasteiger partial charge in [0.25, 0.3) is 0 Å². The van der Waals surface area contributed by atoms with Crippen molar-refractivity contribution in [1.29, 1.82) is 0 Å². The zero-order chi connectivity index (χ0) is 13.0. The van der Waals surface area contributed by atoms with Crippen LogP contribution in [-0.2, 0) is 13.1 Å². The Morgan fingerprint density at radius 1 is 1.22 bits per heavy atom. The van der Waals surface area contributed by atoms with Crippen LogP contribution in [0.25, 0.3) is 0 Å². The first-order valence-corrected chi connectivity index (χ1v) is 6.15. The van der Waals surface area contributed by atoms with Crippen LogP contribution >= 0.6 is 11.6 Å². The lowest BCUT2D eigenvalue weighted by Crippen LogP contribution is -2.18. The molecule has 0 atom stereocenters. The average molecular weight is 262 g/mol. The molecule has 2 aromatic rings. The second kappa shape index (κ2) is 5.85. The van der Waals surface area contributed by atoms with Gasteiger partial charge in [-0.15, -0.1) is 0 Å². The summed E-state index contributed by atoms with van der Waals surface area (Å²) in [7, 11) is 2.05. The van der Waals surface area contributed by atoms with Crippen molar-refractivity contribution in [2.75, 3.05) is 12.8 Å². The van der Waals surface area contributed by atoms with E-state index in [1.165, 1.54) is 5.56 Å². The van der Waals surface area contributed by atoms with Crippen LogP contribution in [0.2, 0.25) is 5.02 Å². The maximum absolute atomic E-state index is 5.97. The molecule has 0 bridgehead atoms. The van der Waals surface area contributed by atoms with E-state index in [1.54, 1.807) is 6.20 Å². The Morgan fingerprint density at radius 3 is 2.78 bits per heavy atom. The van der Waals surface area contributed by atoms with E-state index in [1.807, 2.05) is 37.4 Å². The van der Waals surface area contributed by atoms with Gasteiger partial charge in [-0.25, -0.2) is 4.98 Å². The minimum absolute atomic E-state index is 0.593. The fourth-order valence-corrected chi connectivity index (χ4v) is 2.09. The first kappa shape index (κ1) is 12.9. The third-order valence-corrected chi connectivity index (χ3v) is 2.94. The topological polar surface area (TPSA) is 42.2 Å². The molecule has 94 valence electrons. The fourth-order valence-electron chi connectivity index (χ4n) is 1.88. The van der Waals surface area contributed by atoms with Crippen LogP contribution in [0.5, 0.6) is 0 Å². The molecule has 0 saturated carbocycles. The Kier molecular flexibility index (Phi) is 4.18. The van der Waals surface area contributed by atoms with Gasteiger partial charge in [0.05, 0.1) is 0 Å². The minimum atomic E-state index is 0.593. The highest BCUT2D eigenvalue weighted by Gasteiger charge is 2.05. The SMILES string of the molecule is CN(Cc1cccc(Cl)c1)Cc1cccnc1N. The van der Waals surface area contributed by atoms with Crippen LogP contribution in [0.1, 0.15) is 11.1 Å². The fraction of sp³-hybridized carbons (Fsp3) is 0.214. The van der Waals surface area contributed by atoms with Gasteiger partial charge in [0, 0.05) is 29.9 Å². The number of hydrogen-bond acceptors (Lipinski definition) is 3. The van der Waals surface area contributed by atoms with Crippen molar-refractivity contribution in [1.82, 2.24) is 9.88 Å². The Bertz CT molecular complexity index is 528. The Balaban J connectivity index is 2.01. The van der Waals surface area contributed by atoms with Gasteiger partial charge in [-0.2, -0.15) is 0 Å². The first-order valence-electron chi connectivity index (χ1n) is 5.77. The van der Waals surface area contributed by atoms with Crippen LogP contribution in [0.15, 0.2) is 42.6 Å². The maximum atomic E-state index is 5.97. The molecule has 0 unspecified atom stereocenters. The predicted molar refractivity (Wildman–Crippen MR) is 75.3 cm³/mol. The summed E-state index contributed by atoms with van der Waals surface area (Å²) in [6.07, 6.45) is 1.70. The average Bonchev–Trinajstić information content (AvgIpc) is 2.32. The monoisotopic (exact) mass is 261 g/mol. The van der Waals surface area contributed by atoms with E-state index >= 15 is 0 Å². The summed E-state index contributed by atoms with van der Waals surface area (Å²) in [4.78, 5) is 6.26. The number of rotatable bonds is 4. The maximum Gasteiger partial charge on any atom is 0.127 e. The van der Waals surface area contributed by atoms with Gasteiger partial charge in [0.2, 0.25) is 0 Å². The lowest BCUT2D eigenvalue weighted by Gasteiger charge is -2.17. The molecular weight excluding hydrogens is 246 g/mol. The number of nitrogens with zero attached hydrogens (tertiary/aromatic N) is 2. The highest BCUT2D eigenvalue weighted by Crippen LogP contribution is 2.15. The van der Waals surface area contributed by atoms with E-state index in [9.17, 15) is 0 Å². The molecule has 1 aromatic heterocycles. The van der Waals surface area contributed by atoms with Crippen LogP contribution in [-0.4, -0.2) is 16.9 Å². The number of benzene rings is 1. The van der Waals surface area contributed by atoms with Crippen molar-refractivity contribution in [3.05, 3.63) is 58.7 Å². The summed E-state index contributed by atoms with van der Waals surface area (Å²) in [5.41, 5.74) is 8.06. The molecule has 2 rings (SSSR count). The molecule has 2 N–H and O–H groups in total. The van der Waals surface area contributed by atoms with E-state index in [4.69, 9.17) is 17.3 Å². The third-order valence-electron chi connectivity index (χ3n) is 2.71. The van der Waals surface area contributed by atoms with E-state index < -0.39 is 0 Å². The van der Waals surface area contributed by atoms with Gasteiger partial charge < -0.3 is 5.73 Å². The van der Waals surface area contributed by atoms with Crippen LogP contribution in [0.3, 0.4) is 0 Å². The summed E-state index contributed by atoms with van der Waals surface area (Å²) < 4.78 is 0. The van der Waals surface area contributed by atoms with E-state index in [2.05, 4.69) is 16.0 Å². The summed E-state index contributed by atoms with van der Waals surface area (Å²) in [6, 6.07) is 11.8. The molecule has 0 saturated heterocycles. The Morgan fingerprint density at radius 2 is 2.06 bits per heavy atom. The second-order valence-electron chi connectivity index (χ2n) is 4.35. The number of hydrogen-bond donors (Lipinski definition) is 1. The summed E-state index contributed by atoms with van der Waals surface area (Å²) in [5.74, 6) is 0.593. The first-order chi connectivity index (χ1) is 8.65. The van der Waals surface area contributed by atoms with Gasteiger partial charge in [-0.05, 0) is 30.8 Å². The van der Waals surface area contributed by atoms with Crippen molar-refractivity contribution in [3.8, 4) is 0 Å². The lowest BCUT2D eigenvalue weighted by atomic mass is 10.2. The summed E-state index contributed by atoms with van der Waals surface area (Å²) >= 11 is 5.97. The van der Waals surface area contributed by atoms with Gasteiger partial charge >= 0.3 is 0 Å². The molecule has 0 fully saturated rings. The second-order valence-corrected chi connectivity index (χ2v) is 4.79. The number of nitrogens with two attached hydrogens (primary N) is 1. The van der Waals surface area contributed by atoms with E-state index in [-0.39, 0.29) is 0 Å². The number of nitrogen functional groups attached to an aromatic ring is 1. The van der Waals surface area contributed by atoms with Crippen molar-refractivity contribution in [2.24, 2.45) is 0 Å². The third kappa shape index (κ3) is 3.45. The number of halogens is 1. The molecule has 3 nitrogen and oxygen atoms in total. The quantitative estimate of drug-likeness (QED) is 0.920. The molecule has 1 heterocycles. The highest BCUT2D eigenvalue weighted by atomic mass is 35.5. The zero-order valence-electron chi connectivity index (χ0n) is 10.3. The molecule has 0 radical (unpaired) electrons. The molecule has 1 aromatic carbocycles. The van der Waals surface area contributed by atoms with Gasteiger partial charge in [-0.1, -0.05) is 29.8 Å². The Hall–Kier alpha value is -1.58. The molecular formula is C14H16ClN3. The number of aromatic nitrogens is 1. The van der Waals surface area contributed by atoms with Gasteiger partial charge in [0.15, 0.2) is 0 Å². The number of pyridine rings is 1. The molecule has 0 amide bonds. The van der Waals surface area contributed by atoms with Crippen LogP contribution in [0.4, 0.5) is 5.82 Å². The van der Waals surface area contributed by atoms with Gasteiger partial charge in [0.1, 0.15) is 5.82 Å². The van der Waals surface area contributed by atoms with E-state index in [0.717, 1.165) is 23.7 Å². The van der Waals surface area contributed by atoms with Crippen molar-refractivity contribution >= 4 is 17.4 Å². The predicted octanol–water partition coefficient (Wildman–Crippen LogP) is 2.95. The molecule has 0 aliphatic heterocycles. The minimum Gasteiger partial charge on any atom is -0.383 e. The van der Waals surface area contributed by atoms with Crippen LogP contribution < -0.4 is 5.73 Å². The summed E-state index contributed by atoms with van der Waals surface area (Å²) in [6.45, 7) is 1.60. The number of anilines is 1. The standard InChI is InChI=1S/C14H16ClN3/c1-18(9-11-4-2-6-13(15)8-11)10-12-5-3-7-17-14(12)16/h2-8H,9-10H2,1H3,(H2,16,17). The molecule has 18 heavy (non-hydrogen) atoms. The Labute approximate surface area is 112 Å². The highest BCUT2D eigenvalue weighted by molar-refractivity contribution is 6.30. The lowest BCUT2D eigenvalue weighted by molar-refractivity contribution is 0.319. The molecule has 0 aliphatic carbocycles. The normalized spacial score (nSPS) is 10.8. The largest absolute Gasteiger partial charge is 0.383 e. The molecule has 4 heteroatoms. The van der Waals surface area contributed by atoms with Crippen LogP contribution in [0, 0.1) is 0 Å². The van der Waals surface area contributed by atoms with Crippen molar-refractivity contribution < 1.29 is 0 Å². The van der Waals surface area contributed by atoms with Gasteiger partial charge in [-0.3, -0.25) is 4.90 Å². The molecule has 0 spiro atoms. The van der Waals surface area contributed by atoms with E-state index in [0.29, 0.717) is 5.82 Å². The smallest absolute Gasteiger partial charge is 0.127 e. The zero-order valence-corrected chi connectivity index (χ0v) is 11.1. The van der Waals surface area contributed by atoms with Crippen molar-refractivity contribution in [2.45, 2.75) is 13.1 Å². The van der Waals surface area contributed by atoms with Crippen molar-refractivity contribution in [3.63, 3.8) is 0 Å².